The molecule has 1 amide bonds. The lowest BCUT2D eigenvalue weighted by Crippen LogP contribution is -2.23. The Bertz CT molecular complexity index is 1110. The van der Waals surface area contributed by atoms with Crippen molar-refractivity contribution in [2.45, 2.75) is 20.4 Å². The van der Waals surface area contributed by atoms with E-state index in [1.807, 2.05) is 13.0 Å². The first-order valence-corrected chi connectivity index (χ1v) is 8.53. The van der Waals surface area contributed by atoms with E-state index < -0.39 is 29.2 Å². The molecule has 150 valence electrons. The average Bonchev–Trinajstić information content (AvgIpc) is 2.99. The molecule has 0 aliphatic heterocycles. The lowest BCUT2D eigenvalue weighted by Gasteiger charge is -2.10. The lowest BCUT2D eigenvalue weighted by molar-refractivity contribution is 0.0954. The fourth-order valence-electron chi connectivity index (χ4n) is 2.66. The van der Waals surface area contributed by atoms with Crippen LogP contribution in [0.15, 0.2) is 47.6 Å². The third-order valence-corrected chi connectivity index (χ3v) is 4.13. The molecule has 0 bridgehead atoms. The second kappa shape index (κ2) is 8.26. The molecule has 0 unspecified atom stereocenters. The Morgan fingerprint density at radius 3 is 2.07 bits per heavy atom. The van der Waals surface area contributed by atoms with Gasteiger partial charge in [0.1, 0.15) is 0 Å². The van der Waals surface area contributed by atoms with Crippen molar-refractivity contribution >= 4 is 11.6 Å². The van der Waals surface area contributed by atoms with E-state index in [-0.39, 0.29) is 23.4 Å². The standard InChI is InChI=1S/C20H16F4N4O/c1-11-7-12(2)28(27-11)10-19(13-3-5-15(21)17(23)8-13)25-26-20(29)14-4-6-16(22)18(24)9-14/h3-9H,10H2,1-2H3,(H,26,29)/b25-19+. The van der Waals surface area contributed by atoms with Crippen LogP contribution in [0.2, 0.25) is 0 Å². The number of hydrogen-bond donors (Lipinski definition) is 1. The van der Waals surface area contributed by atoms with E-state index in [9.17, 15) is 22.4 Å². The summed E-state index contributed by atoms with van der Waals surface area (Å²) in [5, 5.41) is 8.28. The summed E-state index contributed by atoms with van der Waals surface area (Å²) < 4.78 is 54.9. The highest BCUT2D eigenvalue weighted by atomic mass is 19.2. The largest absolute Gasteiger partial charge is 0.271 e. The first-order valence-electron chi connectivity index (χ1n) is 8.53. The maximum atomic E-state index is 13.7. The SMILES string of the molecule is Cc1cc(C)n(C/C(=N\NC(=O)c2ccc(F)c(F)c2)c2ccc(F)c(F)c2)n1. The van der Waals surface area contributed by atoms with Crippen LogP contribution in [0.1, 0.15) is 27.3 Å². The quantitative estimate of drug-likeness (QED) is 0.399. The normalized spacial score (nSPS) is 11.6. The lowest BCUT2D eigenvalue weighted by atomic mass is 10.1. The van der Waals surface area contributed by atoms with E-state index in [4.69, 9.17) is 0 Å². The molecule has 0 aliphatic rings. The second-order valence-corrected chi connectivity index (χ2v) is 6.34. The molecular formula is C20H16F4N4O. The Kier molecular flexibility index (Phi) is 5.76. The topological polar surface area (TPSA) is 59.3 Å². The number of aryl methyl sites for hydroxylation is 2. The molecule has 1 heterocycles. The fraction of sp³-hybridized carbons (Fsp3) is 0.150. The van der Waals surface area contributed by atoms with Gasteiger partial charge >= 0.3 is 0 Å². The molecule has 0 spiro atoms. The summed E-state index contributed by atoms with van der Waals surface area (Å²) in [7, 11) is 0. The molecule has 1 N–H and O–H groups in total. The predicted octanol–water partition coefficient (Wildman–Crippen LogP) is 3.89. The smallest absolute Gasteiger partial charge is 0.267 e. The first-order chi connectivity index (χ1) is 13.7. The third-order valence-electron chi connectivity index (χ3n) is 4.13. The third kappa shape index (κ3) is 4.68. The zero-order valence-corrected chi connectivity index (χ0v) is 15.5. The van der Waals surface area contributed by atoms with Gasteiger partial charge in [-0.25, -0.2) is 23.0 Å². The van der Waals surface area contributed by atoms with Crippen molar-refractivity contribution in [2.24, 2.45) is 5.10 Å². The van der Waals surface area contributed by atoms with Crippen LogP contribution in [0.3, 0.4) is 0 Å². The molecule has 0 fully saturated rings. The molecule has 0 radical (unpaired) electrons. The molecule has 3 rings (SSSR count). The highest BCUT2D eigenvalue weighted by Gasteiger charge is 2.14. The van der Waals surface area contributed by atoms with Gasteiger partial charge in [-0.2, -0.15) is 10.2 Å². The van der Waals surface area contributed by atoms with Crippen molar-refractivity contribution in [3.8, 4) is 0 Å². The number of carbonyl (C=O) groups is 1. The number of amides is 1. The first kappa shape index (κ1) is 20.2. The Hall–Kier alpha value is -3.49. The summed E-state index contributed by atoms with van der Waals surface area (Å²) >= 11 is 0. The van der Waals surface area contributed by atoms with Gasteiger partial charge in [-0.1, -0.05) is 0 Å². The van der Waals surface area contributed by atoms with Crippen LogP contribution in [0, 0.1) is 37.1 Å². The summed E-state index contributed by atoms with van der Waals surface area (Å²) in [5.74, 6) is -5.15. The van der Waals surface area contributed by atoms with Crippen molar-refractivity contribution < 1.29 is 22.4 Å². The van der Waals surface area contributed by atoms with E-state index in [1.54, 1.807) is 11.6 Å². The molecule has 0 saturated heterocycles. The van der Waals surface area contributed by atoms with Gasteiger partial charge in [0.05, 0.1) is 18.0 Å². The molecule has 3 aromatic rings. The number of carbonyl (C=O) groups excluding carboxylic acids is 1. The van der Waals surface area contributed by atoms with Crippen LogP contribution in [-0.2, 0) is 6.54 Å². The summed E-state index contributed by atoms with van der Waals surface area (Å²) in [4.78, 5) is 12.2. The van der Waals surface area contributed by atoms with Crippen LogP contribution < -0.4 is 5.43 Å². The van der Waals surface area contributed by atoms with Crippen LogP contribution in [0.4, 0.5) is 17.6 Å². The molecule has 2 aromatic carbocycles. The summed E-state index contributed by atoms with van der Waals surface area (Å²) in [6.07, 6.45) is 0. The minimum atomic E-state index is -1.18. The van der Waals surface area contributed by atoms with Crippen molar-refractivity contribution in [3.05, 3.63) is 88.2 Å². The number of nitrogens with zero attached hydrogens (tertiary/aromatic N) is 3. The van der Waals surface area contributed by atoms with Crippen molar-refractivity contribution in [3.63, 3.8) is 0 Å². The minimum Gasteiger partial charge on any atom is -0.267 e. The van der Waals surface area contributed by atoms with Crippen LogP contribution in [0.5, 0.6) is 0 Å². The van der Waals surface area contributed by atoms with Crippen LogP contribution >= 0.6 is 0 Å². The Morgan fingerprint density at radius 1 is 0.931 bits per heavy atom. The predicted molar refractivity (Wildman–Crippen MR) is 98.4 cm³/mol. The number of hydrogen-bond acceptors (Lipinski definition) is 3. The molecule has 0 atom stereocenters. The van der Waals surface area contributed by atoms with E-state index in [0.717, 1.165) is 41.7 Å². The van der Waals surface area contributed by atoms with Gasteiger partial charge in [0.2, 0.25) is 0 Å². The summed E-state index contributed by atoms with van der Waals surface area (Å²) in [6.45, 7) is 3.66. The molecule has 0 aliphatic carbocycles. The number of rotatable bonds is 5. The van der Waals surface area contributed by atoms with Gasteiger partial charge in [-0.3, -0.25) is 9.48 Å². The fourth-order valence-corrected chi connectivity index (χ4v) is 2.66. The molecular weight excluding hydrogens is 388 g/mol. The molecule has 0 saturated carbocycles. The van der Waals surface area contributed by atoms with Crippen LogP contribution in [-0.4, -0.2) is 21.4 Å². The van der Waals surface area contributed by atoms with Gasteiger partial charge in [0.25, 0.3) is 5.91 Å². The monoisotopic (exact) mass is 404 g/mol. The van der Waals surface area contributed by atoms with Crippen molar-refractivity contribution in [1.29, 1.82) is 0 Å². The number of aromatic nitrogens is 2. The highest BCUT2D eigenvalue weighted by Crippen LogP contribution is 2.13. The molecule has 9 heteroatoms. The second-order valence-electron chi connectivity index (χ2n) is 6.34. The zero-order chi connectivity index (χ0) is 21.1. The number of benzene rings is 2. The molecule has 5 nitrogen and oxygen atoms in total. The van der Waals surface area contributed by atoms with E-state index in [1.165, 1.54) is 6.07 Å². The van der Waals surface area contributed by atoms with Crippen molar-refractivity contribution in [2.75, 3.05) is 0 Å². The molecule has 1 aromatic heterocycles. The van der Waals surface area contributed by atoms with Gasteiger partial charge in [-0.15, -0.1) is 0 Å². The maximum absolute atomic E-state index is 13.7. The Balaban J connectivity index is 1.92. The highest BCUT2D eigenvalue weighted by molar-refractivity contribution is 6.02. The number of hydrazone groups is 1. The van der Waals surface area contributed by atoms with Crippen LogP contribution in [0.25, 0.3) is 0 Å². The van der Waals surface area contributed by atoms with Gasteiger partial charge in [0.15, 0.2) is 23.3 Å². The van der Waals surface area contributed by atoms with Gasteiger partial charge in [-0.05, 0) is 56.3 Å². The summed E-state index contributed by atoms with van der Waals surface area (Å²) in [5.41, 5.74) is 4.03. The Labute approximate surface area is 163 Å². The number of halogens is 4. The maximum Gasteiger partial charge on any atom is 0.271 e. The van der Waals surface area contributed by atoms with E-state index >= 15 is 0 Å². The zero-order valence-electron chi connectivity index (χ0n) is 15.5. The number of nitrogens with one attached hydrogen (secondary N) is 1. The minimum absolute atomic E-state index is 0.0583. The van der Waals surface area contributed by atoms with Crippen molar-refractivity contribution in [1.82, 2.24) is 15.2 Å². The summed E-state index contributed by atoms with van der Waals surface area (Å²) in [6, 6.07) is 7.68. The van der Waals surface area contributed by atoms with Gasteiger partial charge < -0.3 is 0 Å². The van der Waals surface area contributed by atoms with Gasteiger partial charge in [0, 0.05) is 16.8 Å². The average molecular weight is 404 g/mol. The van der Waals surface area contributed by atoms with E-state index in [0.29, 0.717) is 0 Å². The Morgan fingerprint density at radius 2 is 1.52 bits per heavy atom. The molecule has 29 heavy (non-hydrogen) atoms. The van der Waals surface area contributed by atoms with E-state index in [2.05, 4.69) is 15.6 Å².